The minimum Gasteiger partial charge on any atom is -0.465 e. The lowest BCUT2D eigenvalue weighted by Crippen LogP contribution is -2.21. The number of carbonyl (C=O) groups excluding carboxylic acids is 1. The van der Waals surface area contributed by atoms with Gasteiger partial charge in [-0.3, -0.25) is 0 Å². The number of halogens is 1. The maximum absolute atomic E-state index is 13.9. The first-order valence-corrected chi connectivity index (χ1v) is 6.81. The normalized spacial score (nSPS) is 16.1. The van der Waals surface area contributed by atoms with E-state index >= 15 is 0 Å². The zero-order chi connectivity index (χ0) is 14.9. The van der Waals surface area contributed by atoms with Crippen molar-refractivity contribution < 1.29 is 13.9 Å². The first-order valence-electron chi connectivity index (χ1n) is 6.81. The molecule has 0 spiro atoms. The van der Waals surface area contributed by atoms with Crippen LogP contribution in [-0.2, 0) is 4.74 Å². The lowest BCUT2D eigenvalue weighted by Gasteiger charge is -2.21. The minimum atomic E-state index is -0.560. The molecule has 1 fully saturated rings. The third-order valence-electron chi connectivity index (χ3n) is 4.29. The van der Waals surface area contributed by atoms with Crippen LogP contribution in [0.1, 0.15) is 37.0 Å². The molecule has 0 atom stereocenters. The van der Waals surface area contributed by atoms with E-state index in [4.69, 9.17) is 5.73 Å². The molecule has 0 unspecified atom stereocenters. The fourth-order valence-electron chi connectivity index (χ4n) is 2.40. The van der Waals surface area contributed by atoms with Crippen molar-refractivity contribution in [2.75, 3.05) is 24.7 Å². The highest BCUT2D eigenvalue weighted by Gasteiger charge is 2.45. The predicted molar refractivity (Wildman–Crippen MR) is 77.1 cm³/mol. The van der Waals surface area contributed by atoms with E-state index in [2.05, 4.69) is 23.9 Å². The van der Waals surface area contributed by atoms with E-state index in [1.165, 1.54) is 13.2 Å². The predicted octanol–water partition coefficient (Wildman–Crippen LogP) is 3.04. The third kappa shape index (κ3) is 2.71. The van der Waals surface area contributed by atoms with Gasteiger partial charge in [0, 0.05) is 12.2 Å². The average Bonchev–Trinajstić information content (AvgIpc) is 3.18. The second-order valence-electron chi connectivity index (χ2n) is 5.78. The molecular formula is C15H21FN2O2. The summed E-state index contributed by atoms with van der Waals surface area (Å²) in [6.45, 7) is 5.05. The van der Waals surface area contributed by atoms with Gasteiger partial charge < -0.3 is 15.8 Å². The Hall–Kier alpha value is -1.78. The number of nitrogen functional groups attached to an aromatic ring is 1. The van der Waals surface area contributed by atoms with Crippen LogP contribution in [0.25, 0.3) is 0 Å². The van der Waals surface area contributed by atoms with Crippen molar-refractivity contribution in [3.05, 3.63) is 23.5 Å². The summed E-state index contributed by atoms with van der Waals surface area (Å²) in [7, 11) is 1.27. The second-order valence-corrected chi connectivity index (χ2v) is 5.78. The van der Waals surface area contributed by atoms with Crippen LogP contribution in [0, 0.1) is 17.2 Å². The topological polar surface area (TPSA) is 64.3 Å². The van der Waals surface area contributed by atoms with E-state index in [-0.39, 0.29) is 16.7 Å². The third-order valence-corrected chi connectivity index (χ3v) is 4.29. The molecule has 2 rings (SSSR count). The summed E-state index contributed by atoms with van der Waals surface area (Å²) in [5.74, 6) is -0.461. The molecule has 3 N–H and O–H groups in total. The van der Waals surface area contributed by atoms with Crippen LogP contribution in [-0.4, -0.2) is 19.6 Å². The van der Waals surface area contributed by atoms with Gasteiger partial charge in [-0.15, -0.1) is 0 Å². The minimum absolute atomic E-state index is 0.0879. The van der Waals surface area contributed by atoms with E-state index < -0.39 is 11.8 Å². The van der Waals surface area contributed by atoms with Crippen molar-refractivity contribution in [2.45, 2.75) is 26.7 Å². The molecule has 0 radical (unpaired) electrons. The van der Waals surface area contributed by atoms with Gasteiger partial charge in [-0.1, -0.05) is 13.8 Å². The van der Waals surface area contributed by atoms with Gasteiger partial charge in [0.2, 0.25) is 0 Å². The Labute approximate surface area is 118 Å². The lowest BCUT2D eigenvalue weighted by molar-refractivity contribution is 0.0602. The largest absolute Gasteiger partial charge is 0.465 e. The monoisotopic (exact) mass is 280 g/mol. The molecular weight excluding hydrogens is 259 g/mol. The van der Waals surface area contributed by atoms with Crippen molar-refractivity contribution in [1.82, 2.24) is 0 Å². The van der Waals surface area contributed by atoms with E-state index in [1.807, 2.05) is 0 Å². The maximum atomic E-state index is 13.9. The number of nitrogens with two attached hydrogens (primary N) is 1. The Kier molecular flexibility index (Phi) is 3.88. The lowest BCUT2D eigenvalue weighted by atomic mass is 9.92. The smallest absolute Gasteiger partial charge is 0.340 e. The standard InChI is InChI=1S/C15H21FN2O2/c1-9(2)15(4-5-15)8-18-13-6-10(14(19)20-3)12(17)7-11(13)16/h6-7,9,18H,4-5,8,17H2,1-3H3. The fourth-order valence-corrected chi connectivity index (χ4v) is 2.40. The molecule has 20 heavy (non-hydrogen) atoms. The number of benzene rings is 1. The highest BCUT2D eigenvalue weighted by Crippen LogP contribution is 2.51. The summed E-state index contributed by atoms with van der Waals surface area (Å²) in [6, 6.07) is 2.58. The molecule has 4 nitrogen and oxygen atoms in total. The molecule has 110 valence electrons. The van der Waals surface area contributed by atoms with Crippen LogP contribution in [0.5, 0.6) is 0 Å². The molecule has 0 heterocycles. The number of nitrogens with one attached hydrogen (secondary N) is 1. The number of methoxy groups -OCH3 is 1. The second kappa shape index (κ2) is 5.31. The Bertz CT molecular complexity index is 525. The molecule has 1 aromatic carbocycles. The molecule has 1 aromatic rings. The van der Waals surface area contributed by atoms with Crippen LogP contribution in [0.2, 0.25) is 0 Å². The van der Waals surface area contributed by atoms with Gasteiger partial charge >= 0.3 is 5.97 Å². The molecule has 0 aliphatic heterocycles. The van der Waals surface area contributed by atoms with E-state index in [0.29, 0.717) is 18.2 Å². The average molecular weight is 280 g/mol. The van der Waals surface area contributed by atoms with Crippen molar-refractivity contribution >= 4 is 17.3 Å². The number of anilines is 2. The van der Waals surface area contributed by atoms with Gasteiger partial charge in [0.15, 0.2) is 0 Å². The Balaban J connectivity index is 2.17. The molecule has 0 aromatic heterocycles. The molecule has 1 saturated carbocycles. The van der Waals surface area contributed by atoms with Crippen molar-refractivity contribution in [2.24, 2.45) is 11.3 Å². The first-order chi connectivity index (χ1) is 9.39. The molecule has 0 amide bonds. The highest BCUT2D eigenvalue weighted by molar-refractivity contribution is 5.96. The van der Waals surface area contributed by atoms with Gasteiger partial charge in [-0.05, 0) is 36.3 Å². The van der Waals surface area contributed by atoms with E-state index in [1.54, 1.807) is 0 Å². The van der Waals surface area contributed by atoms with Gasteiger partial charge in [0.25, 0.3) is 0 Å². The van der Waals surface area contributed by atoms with Gasteiger partial charge in [-0.2, -0.15) is 0 Å². The summed E-state index contributed by atoms with van der Waals surface area (Å²) in [5, 5.41) is 3.11. The Morgan fingerprint density at radius 1 is 1.50 bits per heavy atom. The number of esters is 1. The Morgan fingerprint density at radius 3 is 2.65 bits per heavy atom. The molecule has 0 saturated heterocycles. The van der Waals surface area contributed by atoms with Gasteiger partial charge in [0.05, 0.1) is 18.4 Å². The molecule has 1 aliphatic carbocycles. The van der Waals surface area contributed by atoms with Crippen LogP contribution in [0.4, 0.5) is 15.8 Å². The number of hydrogen-bond acceptors (Lipinski definition) is 4. The molecule has 0 bridgehead atoms. The quantitative estimate of drug-likeness (QED) is 0.642. The van der Waals surface area contributed by atoms with Crippen LogP contribution >= 0.6 is 0 Å². The number of carbonyl (C=O) groups is 1. The Morgan fingerprint density at radius 2 is 2.15 bits per heavy atom. The number of ether oxygens (including phenoxy) is 1. The van der Waals surface area contributed by atoms with Gasteiger partial charge in [0.1, 0.15) is 5.82 Å². The zero-order valence-electron chi connectivity index (χ0n) is 12.1. The number of rotatable bonds is 5. The van der Waals surface area contributed by atoms with Crippen molar-refractivity contribution in [3.8, 4) is 0 Å². The van der Waals surface area contributed by atoms with Crippen LogP contribution < -0.4 is 11.1 Å². The summed E-state index contributed by atoms with van der Waals surface area (Å²) < 4.78 is 18.5. The summed E-state index contributed by atoms with van der Waals surface area (Å²) in [4.78, 5) is 11.6. The molecule has 5 heteroatoms. The summed E-state index contributed by atoms with van der Waals surface area (Å²) in [5.41, 5.74) is 6.46. The fraction of sp³-hybridized carbons (Fsp3) is 0.533. The van der Waals surface area contributed by atoms with Crippen LogP contribution in [0.15, 0.2) is 12.1 Å². The summed E-state index contributed by atoms with van der Waals surface area (Å²) >= 11 is 0. The number of hydrogen-bond donors (Lipinski definition) is 2. The maximum Gasteiger partial charge on any atom is 0.340 e. The van der Waals surface area contributed by atoms with Crippen molar-refractivity contribution in [1.29, 1.82) is 0 Å². The summed E-state index contributed by atoms with van der Waals surface area (Å²) in [6.07, 6.45) is 2.30. The van der Waals surface area contributed by atoms with Crippen LogP contribution in [0.3, 0.4) is 0 Å². The van der Waals surface area contributed by atoms with Gasteiger partial charge in [-0.25, -0.2) is 9.18 Å². The molecule has 1 aliphatic rings. The zero-order valence-corrected chi connectivity index (χ0v) is 12.1. The van der Waals surface area contributed by atoms with Crippen molar-refractivity contribution in [3.63, 3.8) is 0 Å². The van der Waals surface area contributed by atoms with E-state index in [0.717, 1.165) is 18.9 Å². The first kappa shape index (κ1) is 14.6. The highest BCUT2D eigenvalue weighted by atomic mass is 19.1. The SMILES string of the molecule is COC(=O)c1cc(NCC2(C(C)C)CC2)c(F)cc1N. The van der Waals surface area contributed by atoms with E-state index in [9.17, 15) is 9.18 Å².